The minimum Gasteiger partial charge on any atom is -0.310 e. The third-order valence-electron chi connectivity index (χ3n) is 1.95. The van der Waals surface area contributed by atoms with Crippen molar-refractivity contribution in [1.29, 1.82) is 0 Å². The van der Waals surface area contributed by atoms with E-state index in [1.807, 2.05) is 0 Å². The van der Waals surface area contributed by atoms with Crippen LogP contribution in [0.3, 0.4) is 0 Å². The van der Waals surface area contributed by atoms with Crippen LogP contribution in [0.25, 0.3) is 0 Å². The van der Waals surface area contributed by atoms with E-state index in [2.05, 4.69) is 44.2 Å². The lowest BCUT2D eigenvalue weighted by atomic mass is 10.3. The van der Waals surface area contributed by atoms with E-state index in [9.17, 15) is 0 Å². The second-order valence-corrected chi connectivity index (χ2v) is 6.70. The maximum Gasteiger partial charge on any atom is 0.0593 e. The zero-order valence-corrected chi connectivity index (χ0v) is 10.2. The van der Waals surface area contributed by atoms with Crippen LogP contribution in [0, 0.1) is 0 Å². The molecule has 1 nitrogen and oxygen atoms in total. The molecular weight excluding hydrogens is 162 g/mol. The van der Waals surface area contributed by atoms with Gasteiger partial charge < -0.3 is 4.90 Å². The molecule has 0 aliphatic rings. The minimum absolute atomic E-state index is 0.512. The van der Waals surface area contributed by atoms with Gasteiger partial charge in [-0.3, -0.25) is 0 Å². The second-order valence-electron chi connectivity index (χ2n) is 3.79. The average molecular weight is 185 g/mol. The minimum atomic E-state index is -0.512. The summed E-state index contributed by atoms with van der Waals surface area (Å²) in [5, 5.41) is 0. The molecule has 1 atom stereocenters. The van der Waals surface area contributed by atoms with Crippen molar-refractivity contribution in [1.82, 2.24) is 4.90 Å². The van der Waals surface area contributed by atoms with Crippen LogP contribution in [0.15, 0.2) is 11.8 Å². The highest BCUT2D eigenvalue weighted by molar-refractivity contribution is 6.62. The van der Waals surface area contributed by atoms with Gasteiger partial charge in [0.05, 0.1) is 8.80 Å². The lowest BCUT2D eigenvalue weighted by Gasteiger charge is -2.10. The van der Waals surface area contributed by atoms with E-state index in [4.69, 9.17) is 0 Å². The van der Waals surface area contributed by atoms with Crippen molar-refractivity contribution in [2.24, 2.45) is 0 Å². The Morgan fingerprint density at radius 1 is 1.33 bits per heavy atom. The maximum absolute atomic E-state index is 2.48. The Morgan fingerprint density at radius 2 is 2.00 bits per heavy atom. The van der Waals surface area contributed by atoms with Crippen molar-refractivity contribution >= 4 is 8.80 Å². The summed E-state index contributed by atoms with van der Waals surface area (Å²) in [5.74, 6) is 0. The zero-order chi connectivity index (χ0) is 9.40. The van der Waals surface area contributed by atoms with Gasteiger partial charge in [0.2, 0.25) is 0 Å². The summed E-state index contributed by atoms with van der Waals surface area (Å²) in [5.41, 5.74) is 2.48. The van der Waals surface area contributed by atoms with Gasteiger partial charge in [-0.2, -0.15) is 0 Å². The summed E-state index contributed by atoms with van der Waals surface area (Å²) in [7, 11) is 3.79. The van der Waals surface area contributed by atoms with Crippen LogP contribution in [0.1, 0.15) is 19.8 Å². The molecule has 0 aromatic carbocycles. The number of nitrogens with zero attached hydrogens (tertiary/aromatic N) is 1. The predicted octanol–water partition coefficient (Wildman–Crippen LogP) is 2.30. The van der Waals surface area contributed by atoms with Gasteiger partial charge in [-0.05, 0) is 33.1 Å². The average Bonchev–Trinajstić information content (AvgIpc) is 2.01. The smallest absolute Gasteiger partial charge is 0.0593 e. The first-order valence-corrected chi connectivity index (χ1v) is 7.62. The lowest BCUT2D eigenvalue weighted by molar-refractivity contribution is 0.432. The number of rotatable bonds is 6. The van der Waals surface area contributed by atoms with Gasteiger partial charge in [0.15, 0.2) is 0 Å². The highest BCUT2D eigenvalue weighted by Crippen LogP contribution is 1.97. The summed E-state index contributed by atoms with van der Waals surface area (Å²) in [6.45, 7) is 5.91. The van der Waals surface area contributed by atoms with Crippen molar-refractivity contribution in [2.45, 2.75) is 32.4 Å². The molecule has 0 aliphatic heterocycles. The summed E-state index contributed by atoms with van der Waals surface area (Å²) >= 11 is 0. The maximum atomic E-state index is 2.48. The highest BCUT2D eigenvalue weighted by Gasteiger charge is 1.98. The molecule has 72 valence electrons. The van der Waals surface area contributed by atoms with Gasteiger partial charge in [-0.25, -0.2) is 0 Å². The first kappa shape index (κ1) is 11.9. The number of hydrogen-bond donors (Lipinski definition) is 0. The summed E-state index contributed by atoms with van der Waals surface area (Å²) in [6.07, 6.45) is 4.91. The van der Waals surface area contributed by atoms with Gasteiger partial charge in [-0.1, -0.05) is 26.0 Å². The number of unbranched alkanes of at least 4 members (excludes halogenated alkanes) is 1. The van der Waals surface area contributed by atoms with Crippen LogP contribution in [0.4, 0.5) is 0 Å². The summed E-state index contributed by atoms with van der Waals surface area (Å²) in [6, 6.07) is 1.41. The van der Waals surface area contributed by atoms with Gasteiger partial charge in [0.25, 0.3) is 0 Å². The third-order valence-corrected chi connectivity index (χ3v) is 4.05. The molecule has 0 spiro atoms. The molecular formula is C10H23NSi. The molecule has 0 radical (unpaired) electrons. The van der Waals surface area contributed by atoms with Gasteiger partial charge in [0.1, 0.15) is 0 Å². The molecule has 0 N–H and O–H groups in total. The van der Waals surface area contributed by atoms with Crippen molar-refractivity contribution in [2.75, 3.05) is 20.6 Å². The molecule has 0 bridgehead atoms. The Morgan fingerprint density at radius 3 is 2.50 bits per heavy atom. The topological polar surface area (TPSA) is 3.24 Å². The Labute approximate surface area is 79.1 Å². The first-order chi connectivity index (χ1) is 5.66. The Bertz CT molecular complexity index is 121. The van der Waals surface area contributed by atoms with E-state index >= 15 is 0 Å². The number of allylic oxidation sites excluding steroid dienone is 1. The van der Waals surface area contributed by atoms with Crippen LogP contribution in [0.2, 0.25) is 12.6 Å². The summed E-state index contributed by atoms with van der Waals surface area (Å²) < 4.78 is 0. The Kier molecular flexibility index (Phi) is 7.51. The second kappa shape index (κ2) is 7.56. The molecule has 0 heterocycles. The lowest BCUT2D eigenvalue weighted by Crippen LogP contribution is -2.18. The van der Waals surface area contributed by atoms with Crippen LogP contribution < -0.4 is 0 Å². The fourth-order valence-electron chi connectivity index (χ4n) is 1.05. The van der Waals surface area contributed by atoms with E-state index < -0.39 is 8.80 Å². The molecule has 0 saturated heterocycles. The van der Waals surface area contributed by atoms with Crippen molar-refractivity contribution in [3.05, 3.63) is 11.8 Å². The molecule has 0 aliphatic carbocycles. The third kappa shape index (κ3) is 8.02. The molecule has 0 saturated carbocycles. The monoisotopic (exact) mass is 185 g/mol. The number of hydrogen-bond acceptors (Lipinski definition) is 1. The first-order valence-electron chi connectivity index (χ1n) is 4.98. The summed E-state index contributed by atoms with van der Waals surface area (Å²) in [4.78, 5) is 2.27. The van der Waals surface area contributed by atoms with E-state index in [0.29, 0.717) is 0 Å². The SMILES string of the molecule is CCCC=C[SiH](C)CCN(C)C. The van der Waals surface area contributed by atoms with E-state index in [-0.39, 0.29) is 0 Å². The van der Waals surface area contributed by atoms with Crippen molar-refractivity contribution in [3.8, 4) is 0 Å². The quantitative estimate of drug-likeness (QED) is 0.574. The molecule has 2 heteroatoms. The van der Waals surface area contributed by atoms with Crippen LogP contribution in [-0.4, -0.2) is 34.3 Å². The van der Waals surface area contributed by atoms with Gasteiger partial charge in [0, 0.05) is 0 Å². The molecule has 1 unspecified atom stereocenters. The molecule has 0 fully saturated rings. The molecule has 0 aromatic heterocycles. The predicted molar refractivity (Wildman–Crippen MR) is 60.4 cm³/mol. The van der Waals surface area contributed by atoms with Crippen LogP contribution in [-0.2, 0) is 0 Å². The molecule has 0 rings (SSSR count). The van der Waals surface area contributed by atoms with Crippen molar-refractivity contribution in [3.63, 3.8) is 0 Å². The highest BCUT2D eigenvalue weighted by atomic mass is 28.3. The fraction of sp³-hybridized carbons (Fsp3) is 0.800. The van der Waals surface area contributed by atoms with Gasteiger partial charge >= 0.3 is 0 Å². The molecule has 0 amide bonds. The Balaban J connectivity index is 3.38. The van der Waals surface area contributed by atoms with E-state index in [0.717, 1.165) is 0 Å². The molecule has 12 heavy (non-hydrogen) atoms. The van der Waals surface area contributed by atoms with Crippen LogP contribution in [0.5, 0.6) is 0 Å². The largest absolute Gasteiger partial charge is 0.310 e. The molecule has 0 aromatic rings. The van der Waals surface area contributed by atoms with E-state index in [1.165, 1.54) is 25.4 Å². The standard InChI is InChI=1S/C10H23NSi/c1-5-6-7-9-12(4)10-8-11(2)3/h7,9,12H,5-6,8,10H2,1-4H3. The fourth-order valence-corrected chi connectivity index (χ4v) is 2.83. The van der Waals surface area contributed by atoms with Crippen molar-refractivity contribution < 1.29 is 0 Å². The van der Waals surface area contributed by atoms with E-state index in [1.54, 1.807) is 0 Å². The van der Waals surface area contributed by atoms with Gasteiger partial charge in [-0.15, -0.1) is 5.70 Å². The normalized spacial score (nSPS) is 14.4. The zero-order valence-electron chi connectivity index (χ0n) is 9.01. The Hall–Kier alpha value is -0.0831. The van der Waals surface area contributed by atoms with Crippen LogP contribution >= 0.6 is 0 Å².